The highest BCUT2D eigenvalue weighted by atomic mass is 16.2. The van der Waals surface area contributed by atoms with Crippen molar-refractivity contribution in [3.63, 3.8) is 0 Å². The highest BCUT2D eigenvalue weighted by Crippen LogP contribution is 2.02. The summed E-state index contributed by atoms with van der Waals surface area (Å²) in [5.74, 6) is -1.08. The zero-order valence-electron chi connectivity index (χ0n) is 12.6. The van der Waals surface area contributed by atoms with Gasteiger partial charge < -0.3 is 0 Å². The first-order valence-corrected chi connectivity index (χ1v) is 6.92. The monoisotopic (exact) mass is 327 g/mol. The van der Waals surface area contributed by atoms with Crippen molar-refractivity contribution in [3.05, 3.63) is 53.0 Å². The zero-order chi connectivity index (χ0) is 17.1. The Morgan fingerprint density at radius 2 is 2.08 bits per heavy atom. The number of amides is 2. The lowest BCUT2D eigenvalue weighted by Gasteiger charge is -2.08. The fraction of sp³-hybridized carbons (Fsp3) is 0.143. The summed E-state index contributed by atoms with van der Waals surface area (Å²) in [6.07, 6.45) is 5.55. The quantitative estimate of drug-likeness (QED) is 0.594. The lowest BCUT2D eigenvalue weighted by atomic mass is 10.3. The Morgan fingerprint density at radius 3 is 2.83 bits per heavy atom. The second-order valence-corrected chi connectivity index (χ2v) is 4.93. The molecule has 2 N–H and O–H groups in total. The fourth-order valence-corrected chi connectivity index (χ4v) is 2.07. The standard InChI is InChI=1S/C14H13N7O3/c1-20-12-10(6-17-20)14(24)21(8-16-12)7-11(22)18-19-13(23)9-3-2-4-15-5-9/h2-6,8H,7H2,1H3,(H,18,22)(H,19,23). The summed E-state index contributed by atoms with van der Waals surface area (Å²) < 4.78 is 2.60. The summed E-state index contributed by atoms with van der Waals surface area (Å²) in [5.41, 5.74) is 4.83. The van der Waals surface area contributed by atoms with Crippen molar-refractivity contribution in [2.24, 2.45) is 7.05 Å². The molecule has 0 radical (unpaired) electrons. The van der Waals surface area contributed by atoms with Crippen LogP contribution in [0.2, 0.25) is 0 Å². The summed E-state index contributed by atoms with van der Waals surface area (Å²) in [6, 6.07) is 3.16. The van der Waals surface area contributed by atoms with Crippen molar-refractivity contribution in [2.45, 2.75) is 6.54 Å². The van der Waals surface area contributed by atoms with E-state index in [9.17, 15) is 14.4 Å². The van der Waals surface area contributed by atoms with Gasteiger partial charge in [0.1, 0.15) is 18.3 Å². The Hall–Kier alpha value is -3.56. The van der Waals surface area contributed by atoms with Gasteiger partial charge in [-0.3, -0.25) is 39.5 Å². The Morgan fingerprint density at radius 1 is 1.25 bits per heavy atom. The Kier molecular flexibility index (Phi) is 4.01. The normalized spacial score (nSPS) is 10.5. The van der Waals surface area contributed by atoms with Gasteiger partial charge in [0, 0.05) is 19.4 Å². The van der Waals surface area contributed by atoms with E-state index in [1.54, 1.807) is 19.2 Å². The Bertz CT molecular complexity index is 961. The summed E-state index contributed by atoms with van der Waals surface area (Å²) in [4.78, 5) is 43.8. The average Bonchev–Trinajstić information content (AvgIpc) is 2.98. The Labute approximate surface area is 135 Å². The first-order valence-electron chi connectivity index (χ1n) is 6.92. The van der Waals surface area contributed by atoms with E-state index in [2.05, 4.69) is 25.9 Å². The molecule has 10 nitrogen and oxygen atoms in total. The molecule has 0 bridgehead atoms. The average molecular weight is 327 g/mol. The maximum Gasteiger partial charge on any atom is 0.271 e. The van der Waals surface area contributed by atoms with E-state index in [-0.39, 0.29) is 12.1 Å². The lowest BCUT2D eigenvalue weighted by Crippen LogP contribution is -2.44. The maximum atomic E-state index is 12.2. The van der Waals surface area contributed by atoms with Crippen LogP contribution in [0, 0.1) is 0 Å². The molecule has 3 aromatic rings. The number of fused-ring (bicyclic) bond motifs is 1. The van der Waals surface area contributed by atoms with Gasteiger partial charge in [0.15, 0.2) is 5.65 Å². The van der Waals surface area contributed by atoms with Gasteiger partial charge >= 0.3 is 0 Å². The Balaban J connectivity index is 1.66. The number of pyridine rings is 1. The molecule has 24 heavy (non-hydrogen) atoms. The van der Waals surface area contributed by atoms with E-state index in [4.69, 9.17) is 0 Å². The van der Waals surface area contributed by atoms with Crippen LogP contribution in [-0.2, 0) is 18.4 Å². The summed E-state index contributed by atoms with van der Waals surface area (Å²) >= 11 is 0. The van der Waals surface area contributed by atoms with E-state index in [0.717, 1.165) is 4.57 Å². The summed E-state index contributed by atoms with van der Waals surface area (Å²) in [7, 11) is 1.67. The third-order valence-electron chi connectivity index (χ3n) is 3.27. The number of aromatic nitrogens is 5. The highest BCUT2D eigenvalue weighted by Gasteiger charge is 2.12. The van der Waals surface area contributed by atoms with Gasteiger partial charge in [0.25, 0.3) is 17.4 Å². The molecule has 0 unspecified atom stereocenters. The van der Waals surface area contributed by atoms with E-state index >= 15 is 0 Å². The molecule has 122 valence electrons. The molecule has 0 aliphatic rings. The summed E-state index contributed by atoms with van der Waals surface area (Å²) in [5, 5.41) is 4.26. The van der Waals surface area contributed by atoms with Gasteiger partial charge in [-0.1, -0.05) is 0 Å². The van der Waals surface area contributed by atoms with Gasteiger partial charge in [-0.2, -0.15) is 5.10 Å². The van der Waals surface area contributed by atoms with Gasteiger partial charge in [-0.15, -0.1) is 0 Å². The number of hydrogen-bond donors (Lipinski definition) is 2. The maximum absolute atomic E-state index is 12.2. The minimum Gasteiger partial charge on any atom is -0.289 e. The molecule has 3 aromatic heterocycles. The van der Waals surface area contributed by atoms with Gasteiger partial charge in [-0.05, 0) is 12.1 Å². The number of hydrazine groups is 1. The smallest absolute Gasteiger partial charge is 0.271 e. The van der Waals surface area contributed by atoms with E-state index in [1.165, 1.54) is 29.6 Å². The van der Waals surface area contributed by atoms with Crippen LogP contribution < -0.4 is 16.4 Å². The third-order valence-corrected chi connectivity index (χ3v) is 3.27. The number of carbonyl (C=O) groups excluding carboxylic acids is 2. The predicted molar refractivity (Wildman–Crippen MR) is 82.6 cm³/mol. The van der Waals surface area contributed by atoms with Crippen molar-refractivity contribution < 1.29 is 9.59 Å². The van der Waals surface area contributed by atoms with Crippen LogP contribution in [0.5, 0.6) is 0 Å². The van der Waals surface area contributed by atoms with Gasteiger partial charge in [-0.25, -0.2) is 4.98 Å². The van der Waals surface area contributed by atoms with E-state index in [1.807, 2.05) is 0 Å². The third kappa shape index (κ3) is 2.97. The molecule has 3 heterocycles. The van der Waals surface area contributed by atoms with Gasteiger partial charge in [0.2, 0.25) is 0 Å². The van der Waals surface area contributed by atoms with Crippen molar-refractivity contribution in [2.75, 3.05) is 0 Å². The molecule has 3 rings (SSSR count). The number of carbonyl (C=O) groups is 2. The SMILES string of the molecule is Cn1ncc2c(=O)n(CC(=O)NNC(=O)c3cccnc3)cnc21. The molecule has 0 aliphatic carbocycles. The molecule has 2 amide bonds. The van der Waals surface area contributed by atoms with Crippen molar-refractivity contribution in [1.29, 1.82) is 0 Å². The number of nitrogens with zero attached hydrogens (tertiary/aromatic N) is 5. The molecule has 0 saturated carbocycles. The van der Waals surface area contributed by atoms with Crippen molar-refractivity contribution >= 4 is 22.8 Å². The zero-order valence-corrected chi connectivity index (χ0v) is 12.6. The molecule has 0 atom stereocenters. The molecular weight excluding hydrogens is 314 g/mol. The highest BCUT2D eigenvalue weighted by molar-refractivity contribution is 5.95. The first-order chi connectivity index (χ1) is 11.6. The summed E-state index contributed by atoms with van der Waals surface area (Å²) in [6.45, 7) is -0.288. The molecule has 0 aromatic carbocycles. The lowest BCUT2D eigenvalue weighted by molar-refractivity contribution is -0.122. The number of rotatable bonds is 3. The van der Waals surface area contributed by atoms with Crippen LogP contribution in [0.4, 0.5) is 0 Å². The predicted octanol–water partition coefficient (Wildman–Crippen LogP) is -1.01. The topological polar surface area (TPSA) is 124 Å². The second kappa shape index (κ2) is 6.28. The van der Waals surface area contributed by atoms with Crippen LogP contribution in [-0.4, -0.2) is 36.1 Å². The van der Waals surface area contributed by atoms with Crippen LogP contribution in [0.25, 0.3) is 11.0 Å². The van der Waals surface area contributed by atoms with Crippen LogP contribution in [0.3, 0.4) is 0 Å². The van der Waals surface area contributed by atoms with E-state index in [0.29, 0.717) is 16.6 Å². The number of nitrogens with one attached hydrogen (secondary N) is 2. The molecule has 0 spiro atoms. The molecule has 0 aliphatic heterocycles. The second-order valence-electron chi connectivity index (χ2n) is 4.93. The molecule has 10 heteroatoms. The molecule has 0 saturated heterocycles. The minimum atomic E-state index is -0.570. The number of aryl methyl sites for hydroxylation is 1. The fourth-order valence-electron chi connectivity index (χ4n) is 2.07. The molecular formula is C14H13N7O3. The largest absolute Gasteiger partial charge is 0.289 e. The first kappa shape index (κ1) is 15.3. The van der Waals surface area contributed by atoms with Crippen LogP contribution >= 0.6 is 0 Å². The number of hydrogen-bond acceptors (Lipinski definition) is 6. The minimum absolute atomic E-state index is 0.288. The van der Waals surface area contributed by atoms with Gasteiger partial charge in [0.05, 0.1) is 11.8 Å². The van der Waals surface area contributed by atoms with Crippen LogP contribution in [0.15, 0.2) is 41.8 Å². The van der Waals surface area contributed by atoms with E-state index < -0.39 is 11.8 Å². The van der Waals surface area contributed by atoms with Crippen molar-refractivity contribution in [3.8, 4) is 0 Å². The van der Waals surface area contributed by atoms with Crippen LogP contribution in [0.1, 0.15) is 10.4 Å². The van der Waals surface area contributed by atoms with Crippen molar-refractivity contribution in [1.82, 2.24) is 35.2 Å². The molecule has 0 fully saturated rings.